The molecule has 2 N–H and O–H groups in total. The van der Waals surface area contributed by atoms with Crippen LogP contribution in [0.15, 0.2) is 48.5 Å². The lowest BCUT2D eigenvalue weighted by Crippen LogP contribution is -2.50. The monoisotopic (exact) mass is 429 g/mol. The van der Waals surface area contributed by atoms with Crippen LogP contribution in [0.1, 0.15) is 59.1 Å². The fourth-order valence-corrected chi connectivity index (χ4v) is 4.04. The minimum atomic E-state index is -0.920. The predicted octanol–water partition coefficient (Wildman–Crippen LogP) is 3.61. The van der Waals surface area contributed by atoms with E-state index < -0.39 is 23.8 Å². The first-order valence-electron chi connectivity index (χ1n) is 10.7. The Bertz CT molecular complexity index is 1180. The molecule has 0 spiro atoms. The number of rotatable bonds is 6. The third kappa shape index (κ3) is 3.47. The molecule has 1 aliphatic heterocycles. The van der Waals surface area contributed by atoms with Gasteiger partial charge in [-0.2, -0.15) is 5.10 Å². The van der Waals surface area contributed by atoms with Gasteiger partial charge in [0.05, 0.1) is 11.1 Å². The molecule has 1 fully saturated rings. The third-order valence-electron chi connectivity index (χ3n) is 5.88. The summed E-state index contributed by atoms with van der Waals surface area (Å²) in [4.78, 5) is 44.5. The van der Waals surface area contributed by atoms with Crippen molar-refractivity contribution in [1.82, 2.24) is 20.1 Å². The largest absolute Gasteiger partial charge is 0.324 e. The van der Waals surface area contributed by atoms with Crippen molar-refractivity contribution in [3.05, 3.63) is 65.5 Å². The van der Waals surface area contributed by atoms with Gasteiger partial charge in [-0.05, 0) is 55.2 Å². The van der Waals surface area contributed by atoms with Crippen LogP contribution in [0.4, 0.5) is 5.69 Å². The number of carbonyl (C=O) groups excluding carboxylic acids is 3. The van der Waals surface area contributed by atoms with Crippen LogP contribution in [-0.2, 0) is 4.79 Å². The average molecular weight is 429 g/mol. The van der Waals surface area contributed by atoms with Gasteiger partial charge in [-0.1, -0.05) is 26.0 Å². The molecule has 0 bridgehead atoms. The van der Waals surface area contributed by atoms with E-state index in [4.69, 9.17) is 0 Å². The lowest BCUT2D eigenvalue weighted by Gasteiger charge is -2.28. The molecule has 3 amide bonds. The summed E-state index contributed by atoms with van der Waals surface area (Å²) >= 11 is 0. The molecule has 1 aliphatic carbocycles. The number of benzene rings is 2. The lowest BCUT2D eigenvalue weighted by atomic mass is 10.0. The molecule has 1 atom stereocenters. The van der Waals surface area contributed by atoms with Crippen LogP contribution in [0.25, 0.3) is 11.4 Å². The van der Waals surface area contributed by atoms with Crippen LogP contribution < -0.4 is 5.32 Å². The van der Waals surface area contributed by atoms with Crippen molar-refractivity contribution in [3.8, 4) is 11.4 Å². The number of H-pyrrole nitrogens is 1. The molecule has 8 heteroatoms. The van der Waals surface area contributed by atoms with Crippen LogP contribution in [-0.4, -0.2) is 43.8 Å². The van der Waals surface area contributed by atoms with E-state index in [1.54, 1.807) is 36.4 Å². The summed E-state index contributed by atoms with van der Waals surface area (Å²) in [7, 11) is 0. The fourth-order valence-electron chi connectivity index (χ4n) is 4.04. The highest BCUT2D eigenvalue weighted by Crippen LogP contribution is 2.38. The van der Waals surface area contributed by atoms with E-state index in [2.05, 4.69) is 20.5 Å². The molecule has 1 saturated carbocycles. The zero-order valence-corrected chi connectivity index (χ0v) is 17.8. The second-order valence-electron chi connectivity index (χ2n) is 8.60. The second-order valence-corrected chi connectivity index (χ2v) is 8.60. The molecule has 3 aromatic rings. The Kier molecular flexibility index (Phi) is 4.84. The standard InChI is InChI=1S/C24H23N5O3/c1-13(2)19(29-23(31)17-5-3-4-6-18(17)24(29)32)22(30)25-16-11-9-15(10-12-16)21-26-20(27-28-21)14-7-8-14/h3-6,9-14,19H,7-8H2,1-2H3,(H,25,30)(H,26,27,28). The van der Waals surface area contributed by atoms with E-state index in [9.17, 15) is 14.4 Å². The summed E-state index contributed by atoms with van der Waals surface area (Å²) in [5.41, 5.74) is 2.07. The van der Waals surface area contributed by atoms with Crippen molar-refractivity contribution in [2.24, 2.45) is 5.92 Å². The van der Waals surface area contributed by atoms with Crippen LogP contribution in [0, 0.1) is 5.92 Å². The Morgan fingerprint density at radius 1 is 1.03 bits per heavy atom. The number of nitrogens with one attached hydrogen (secondary N) is 2. The Balaban J connectivity index is 1.33. The highest BCUT2D eigenvalue weighted by Gasteiger charge is 2.43. The number of fused-ring (bicyclic) bond motifs is 1. The number of hydrogen-bond donors (Lipinski definition) is 2. The summed E-state index contributed by atoms with van der Waals surface area (Å²) < 4.78 is 0. The molecule has 2 aromatic carbocycles. The van der Waals surface area contributed by atoms with Crippen LogP contribution >= 0.6 is 0 Å². The van der Waals surface area contributed by atoms with E-state index in [1.807, 2.05) is 26.0 Å². The van der Waals surface area contributed by atoms with Gasteiger partial charge in [0.15, 0.2) is 5.82 Å². The molecule has 0 radical (unpaired) electrons. The summed E-state index contributed by atoms with van der Waals surface area (Å²) in [6, 6.07) is 12.9. The quantitative estimate of drug-likeness (QED) is 0.582. The van der Waals surface area contributed by atoms with Crippen LogP contribution in [0.3, 0.4) is 0 Å². The number of nitrogens with zero attached hydrogens (tertiary/aromatic N) is 3. The van der Waals surface area contributed by atoms with Crippen molar-refractivity contribution in [3.63, 3.8) is 0 Å². The normalized spacial score (nSPS) is 16.4. The molecule has 162 valence electrons. The van der Waals surface area contributed by atoms with Crippen molar-refractivity contribution >= 4 is 23.4 Å². The van der Waals surface area contributed by atoms with Gasteiger partial charge in [0, 0.05) is 17.2 Å². The first-order chi connectivity index (χ1) is 15.4. The predicted molar refractivity (Wildman–Crippen MR) is 118 cm³/mol. The first kappa shape index (κ1) is 20.1. The Morgan fingerprint density at radius 2 is 1.66 bits per heavy atom. The van der Waals surface area contributed by atoms with E-state index in [-0.39, 0.29) is 5.92 Å². The highest BCUT2D eigenvalue weighted by molar-refractivity contribution is 6.23. The van der Waals surface area contributed by atoms with E-state index >= 15 is 0 Å². The lowest BCUT2D eigenvalue weighted by molar-refractivity contribution is -0.121. The molecule has 32 heavy (non-hydrogen) atoms. The van der Waals surface area contributed by atoms with Gasteiger partial charge in [0.2, 0.25) is 5.91 Å². The first-order valence-corrected chi connectivity index (χ1v) is 10.7. The van der Waals surface area contributed by atoms with Crippen molar-refractivity contribution in [2.45, 2.75) is 38.6 Å². The maximum Gasteiger partial charge on any atom is 0.262 e. The van der Waals surface area contributed by atoms with Crippen molar-refractivity contribution < 1.29 is 14.4 Å². The topological polar surface area (TPSA) is 108 Å². The molecule has 8 nitrogen and oxygen atoms in total. The van der Waals surface area contributed by atoms with Crippen LogP contribution in [0.5, 0.6) is 0 Å². The maximum atomic E-state index is 13.1. The minimum absolute atomic E-state index is 0.259. The van der Waals surface area contributed by atoms with Gasteiger partial charge in [-0.3, -0.25) is 24.4 Å². The SMILES string of the molecule is CC(C)C(C(=O)Nc1ccc(-c2n[nH]c(C3CC3)n2)cc1)N1C(=O)c2ccccc2C1=O. The zero-order valence-electron chi connectivity index (χ0n) is 17.8. The van der Waals surface area contributed by atoms with E-state index in [0.717, 1.165) is 29.1 Å². The fraction of sp³-hybridized carbons (Fsp3) is 0.292. The highest BCUT2D eigenvalue weighted by atomic mass is 16.2. The second kappa shape index (κ2) is 7.71. The maximum absolute atomic E-state index is 13.1. The summed E-state index contributed by atoms with van der Waals surface area (Å²) in [5.74, 6) is 0.484. The van der Waals surface area contributed by atoms with Gasteiger partial charge < -0.3 is 5.32 Å². The van der Waals surface area contributed by atoms with Gasteiger partial charge in [0.25, 0.3) is 11.8 Å². The van der Waals surface area contributed by atoms with Gasteiger partial charge >= 0.3 is 0 Å². The number of aromatic nitrogens is 3. The average Bonchev–Trinajstić information content (AvgIpc) is 3.47. The molecule has 2 heterocycles. The van der Waals surface area contributed by atoms with Gasteiger partial charge in [0.1, 0.15) is 11.9 Å². The Labute approximate surface area is 185 Å². The molecule has 5 rings (SSSR count). The molecular formula is C24H23N5O3. The Hall–Kier alpha value is -3.81. The van der Waals surface area contributed by atoms with Gasteiger partial charge in [-0.25, -0.2) is 4.98 Å². The van der Waals surface area contributed by atoms with Crippen molar-refractivity contribution in [1.29, 1.82) is 0 Å². The molecular weight excluding hydrogens is 406 g/mol. The zero-order chi connectivity index (χ0) is 22.4. The molecule has 2 aliphatic rings. The van der Waals surface area contributed by atoms with Crippen LogP contribution in [0.2, 0.25) is 0 Å². The summed E-state index contributed by atoms with van der Waals surface area (Å²) in [6.07, 6.45) is 2.29. The molecule has 0 saturated heterocycles. The number of carbonyl (C=O) groups is 3. The molecule has 1 unspecified atom stereocenters. The number of amides is 3. The number of hydrogen-bond acceptors (Lipinski definition) is 5. The summed E-state index contributed by atoms with van der Waals surface area (Å²) in [5, 5.41) is 10.1. The number of aromatic amines is 1. The summed E-state index contributed by atoms with van der Waals surface area (Å²) in [6.45, 7) is 3.63. The third-order valence-corrected chi connectivity index (χ3v) is 5.88. The van der Waals surface area contributed by atoms with Crippen molar-refractivity contribution in [2.75, 3.05) is 5.32 Å². The number of anilines is 1. The smallest absolute Gasteiger partial charge is 0.262 e. The molecule has 1 aromatic heterocycles. The van der Waals surface area contributed by atoms with E-state index in [1.165, 1.54) is 0 Å². The minimum Gasteiger partial charge on any atom is -0.324 e. The number of imide groups is 1. The van der Waals surface area contributed by atoms with Gasteiger partial charge in [-0.15, -0.1) is 0 Å². The van der Waals surface area contributed by atoms with E-state index in [0.29, 0.717) is 28.6 Å². The Morgan fingerprint density at radius 3 is 2.22 bits per heavy atom.